The van der Waals surface area contributed by atoms with Crippen molar-refractivity contribution in [2.24, 2.45) is 0 Å². The van der Waals surface area contributed by atoms with E-state index in [1.54, 1.807) is 0 Å². The predicted molar refractivity (Wildman–Crippen MR) is 244 cm³/mol. The van der Waals surface area contributed by atoms with Crippen LogP contribution in [0.1, 0.15) is 6.92 Å². The van der Waals surface area contributed by atoms with Crippen LogP contribution < -0.4 is 10.4 Å². The summed E-state index contributed by atoms with van der Waals surface area (Å²) < 4.78 is 7.22. The Labute approximate surface area is 336 Å². The lowest BCUT2D eigenvalue weighted by Gasteiger charge is -2.12. The summed E-state index contributed by atoms with van der Waals surface area (Å²) in [5.74, 6) is 0. The molecular formula is C55H39N3. The van der Waals surface area contributed by atoms with Gasteiger partial charge in [0, 0.05) is 49.0 Å². The molecule has 11 rings (SSSR count). The van der Waals surface area contributed by atoms with E-state index >= 15 is 0 Å². The molecule has 0 bridgehead atoms. The molecule has 11 aromatic rings. The topological polar surface area (TPSA) is 14.8 Å². The first-order chi connectivity index (χ1) is 28.7. The van der Waals surface area contributed by atoms with Gasteiger partial charge in [-0.3, -0.25) is 0 Å². The van der Waals surface area contributed by atoms with Crippen LogP contribution in [0.4, 0.5) is 0 Å². The van der Waals surface area contributed by atoms with Gasteiger partial charge in [-0.15, -0.1) is 0 Å². The molecule has 58 heavy (non-hydrogen) atoms. The van der Waals surface area contributed by atoms with Gasteiger partial charge in [0.2, 0.25) is 0 Å². The zero-order valence-electron chi connectivity index (χ0n) is 32.2. The molecule has 3 aromatic heterocycles. The fourth-order valence-electron chi connectivity index (χ4n) is 9.12. The summed E-state index contributed by atoms with van der Waals surface area (Å²) in [5, 5.41) is 9.26. The summed E-state index contributed by atoms with van der Waals surface area (Å²) in [7, 11) is 0. The summed E-state index contributed by atoms with van der Waals surface area (Å²) >= 11 is 0. The monoisotopic (exact) mass is 741 g/mol. The van der Waals surface area contributed by atoms with Crippen molar-refractivity contribution < 1.29 is 0 Å². The Morgan fingerprint density at radius 3 is 1.41 bits per heavy atom. The van der Waals surface area contributed by atoms with Crippen molar-refractivity contribution in [1.29, 1.82) is 0 Å². The molecule has 0 fully saturated rings. The molecule has 0 saturated heterocycles. The highest BCUT2D eigenvalue weighted by molar-refractivity contribution is 6.10. The molecule has 0 radical (unpaired) electrons. The smallest absolute Gasteiger partial charge is 0.0785 e. The van der Waals surface area contributed by atoms with Gasteiger partial charge < -0.3 is 13.7 Å². The van der Waals surface area contributed by atoms with Gasteiger partial charge in [-0.05, 0) is 89.8 Å². The minimum atomic E-state index is 1.01. The summed E-state index contributed by atoms with van der Waals surface area (Å²) in [5.41, 5.74) is 12.8. The zero-order chi connectivity index (χ0) is 38.7. The molecule has 3 nitrogen and oxygen atoms in total. The van der Waals surface area contributed by atoms with Gasteiger partial charge in [-0.1, -0.05) is 152 Å². The van der Waals surface area contributed by atoms with E-state index in [1.165, 1.54) is 54.7 Å². The standard InChI is InChI=1S/C55H39N3/c1-3-45-47-21-11-15-25-52(47)58(55(45)54-37(2)46-20-10-13-23-50(46)57(54)43-31-26-39(27-32-43)38-16-6-4-7-17-38)44-33-28-40(29-34-44)41-30-35-49-48-22-12-14-24-51(48)56(53(49)36-41)42-18-8-5-9-19-42/h3-36H,2H2,1H3/b45-3-,55-54-. The third-order valence-electron chi connectivity index (χ3n) is 11.8. The Kier molecular flexibility index (Phi) is 7.87. The van der Waals surface area contributed by atoms with E-state index in [2.05, 4.69) is 227 Å². The first-order valence-corrected chi connectivity index (χ1v) is 19.9. The maximum Gasteiger partial charge on any atom is 0.0785 e. The molecule has 0 aliphatic heterocycles. The summed E-state index contributed by atoms with van der Waals surface area (Å²) in [6, 6.07) is 72.2. The van der Waals surface area contributed by atoms with Crippen molar-refractivity contribution >= 4 is 56.3 Å². The van der Waals surface area contributed by atoms with Gasteiger partial charge in [0.15, 0.2) is 0 Å². The van der Waals surface area contributed by atoms with E-state index in [0.29, 0.717) is 0 Å². The van der Waals surface area contributed by atoms with Gasteiger partial charge in [0.25, 0.3) is 0 Å². The molecule has 0 aliphatic carbocycles. The number of fused-ring (bicyclic) bond motifs is 5. The van der Waals surface area contributed by atoms with Crippen molar-refractivity contribution in [3.63, 3.8) is 0 Å². The van der Waals surface area contributed by atoms with Gasteiger partial charge in [0.1, 0.15) is 0 Å². The minimum absolute atomic E-state index is 1.01. The molecule has 0 N–H and O–H groups in total. The van der Waals surface area contributed by atoms with Gasteiger partial charge in [-0.25, -0.2) is 0 Å². The summed E-state index contributed by atoms with van der Waals surface area (Å²) in [6.45, 7) is 6.94. The molecule has 3 heterocycles. The fourth-order valence-corrected chi connectivity index (χ4v) is 9.12. The third kappa shape index (κ3) is 5.21. The average Bonchev–Trinajstić information content (AvgIpc) is 3.91. The van der Waals surface area contributed by atoms with Crippen LogP contribution in [-0.4, -0.2) is 13.7 Å². The molecule has 0 amide bonds. The molecule has 8 aromatic carbocycles. The highest BCUT2D eigenvalue weighted by Crippen LogP contribution is 2.35. The van der Waals surface area contributed by atoms with Crippen LogP contribution >= 0.6 is 0 Å². The minimum Gasteiger partial charge on any atom is -0.309 e. The first kappa shape index (κ1) is 33.7. The van der Waals surface area contributed by atoms with Crippen molar-refractivity contribution in [1.82, 2.24) is 13.7 Å². The fraction of sp³-hybridized carbons (Fsp3) is 0.0182. The first-order valence-electron chi connectivity index (χ1n) is 19.9. The molecule has 0 aliphatic rings. The zero-order valence-corrected chi connectivity index (χ0v) is 32.2. The van der Waals surface area contributed by atoms with E-state index in [9.17, 15) is 0 Å². The average molecular weight is 742 g/mol. The quantitative estimate of drug-likeness (QED) is 0.167. The summed E-state index contributed by atoms with van der Waals surface area (Å²) in [4.78, 5) is 0. The summed E-state index contributed by atoms with van der Waals surface area (Å²) in [6.07, 6.45) is 2.25. The van der Waals surface area contributed by atoms with Crippen LogP contribution in [0, 0.1) is 10.7 Å². The van der Waals surface area contributed by atoms with Crippen LogP contribution in [0.3, 0.4) is 0 Å². The highest BCUT2D eigenvalue weighted by Gasteiger charge is 2.17. The second kappa shape index (κ2) is 13.5. The Morgan fingerprint density at radius 1 is 0.345 bits per heavy atom. The van der Waals surface area contributed by atoms with E-state index in [0.717, 1.165) is 49.4 Å². The van der Waals surface area contributed by atoms with Crippen molar-refractivity contribution in [2.45, 2.75) is 6.92 Å². The Hall–Kier alpha value is -7.62. The number of rotatable bonds is 5. The number of para-hydroxylation sites is 4. The van der Waals surface area contributed by atoms with E-state index < -0.39 is 0 Å². The highest BCUT2D eigenvalue weighted by atomic mass is 15.0. The number of nitrogens with zero attached hydrogens (tertiary/aromatic N) is 3. The van der Waals surface area contributed by atoms with Crippen LogP contribution in [-0.2, 0) is 0 Å². The Balaban J connectivity index is 1.14. The lowest BCUT2D eigenvalue weighted by atomic mass is 10.0. The van der Waals surface area contributed by atoms with E-state index in [-0.39, 0.29) is 0 Å². The van der Waals surface area contributed by atoms with Gasteiger partial charge >= 0.3 is 0 Å². The van der Waals surface area contributed by atoms with E-state index in [4.69, 9.17) is 6.58 Å². The molecule has 0 spiro atoms. The number of hydrogen-bond acceptors (Lipinski definition) is 0. The van der Waals surface area contributed by atoms with Crippen LogP contribution in [0.15, 0.2) is 200 Å². The number of aromatic nitrogens is 3. The maximum atomic E-state index is 4.79. The molecule has 0 saturated carbocycles. The van der Waals surface area contributed by atoms with Crippen LogP contribution in [0.5, 0.6) is 0 Å². The molecule has 0 atom stereocenters. The third-order valence-corrected chi connectivity index (χ3v) is 11.8. The number of hydrogen-bond donors (Lipinski definition) is 0. The Bertz CT molecular complexity index is 3550. The molecule has 0 unspecified atom stereocenters. The lowest BCUT2D eigenvalue weighted by molar-refractivity contribution is 0.988. The SMILES string of the molecule is C=c1/c(=c2\c(=C/C)c3ccccc3n2-c2ccc(-c3ccc4c5ccccc5n(-c5ccccc5)c4c3)cc2)n(-c2ccc(-c3ccccc3)cc2)c2ccccc12. The van der Waals surface area contributed by atoms with Crippen molar-refractivity contribution in [3.8, 4) is 39.3 Å². The van der Waals surface area contributed by atoms with Gasteiger partial charge in [-0.2, -0.15) is 0 Å². The molecular weight excluding hydrogens is 703 g/mol. The van der Waals surface area contributed by atoms with Crippen LogP contribution in [0.2, 0.25) is 0 Å². The van der Waals surface area contributed by atoms with Crippen LogP contribution in [0.25, 0.3) is 95.6 Å². The predicted octanol–water partition coefficient (Wildman–Crippen LogP) is 12.5. The second-order valence-electron chi connectivity index (χ2n) is 15.0. The van der Waals surface area contributed by atoms with Crippen molar-refractivity contribution in [2.75, 3.05) is 0 Å². The maximum absolute atomic E-state index is 4.79. The Morgan fingerprint density at radius 2 is 0.776 bits per heavy atom. The van der Waals surface area contributed by atoms with E-state index in [1.807, 2.05) is 0 Å². The largest absolute Gasteiger partial charge is 0.309 e. The molecule has 274 valence electrons. The normalized spacial score (nSPS) is 12.7. The van der Waals surface area contributed by atoms with Gasteiger partial charge in [0.05, 0.1) is 32.8 Å². The number of benzene rings is 8. The van der Waals surface area contributed by atoms with Crippen molar-refractivity contribution in [3.05, 3.63) is 221 Å². The lowest BCUT2D eigenvalue weighted by Crippen LogP contribution is -2.12. The molecule has 3 heteroatoms. The second-order valence-corrected chi connectivity index (χ2v) is 15.0.